The average Bonchev–Trinajstić information content (AvgIpc) is 3.48. The van der Waals surface area contributed by atoms with Crippen LogP contribution in [0.1, 0.15) is 74.8 Å². The molecule has 0 atom stereocenters. The topological polar surface area (TPSA) is 38.4 Å². The number of hydrogen-bond acceptors (Lipinski definition) is 1. The zero-order chi connectivity index (χ0) is 34.9. The van der Waals surface area contributed by atoms with E-state index in [4.69, 9.17) is 10.7 Å². The lowest BCUT2D eigenvalue weighted by Gasteiger charge is -2.29. The summed E-state index contributed by atoms with van der Waals surface area (Å²) in [6.45, 7) is 8.93. The lowest BCUT2D eigenvalue weighted by molar-refractivity contribution is 0.490. The number of fused-ring (bicyclic) bond motifs is 3. The number of amidine groups is 1. The molecule has 0 aromatic heterocycles. The normalized spacial score (nSPS) is 13.2. The van der Waals surface area contributed by atoms with Crippen LogP contribution in [0.5, 0.6) is 0 Å². The van der Waals surface area contributed by atoms with Gasteiger partial charge in [0.25, 0.3) is 0 Å². The van der Waals surface area contributed by atoms with Crippen molar-refractivity contribution in [3.8, 4) is 33.4 Å². The Morgan fingerprint density at radius 2 is 1.10 bits per heavy atom. The molecule has 0 unspecified atom stereocenters. The Balaban J connectivity index is 0.000000477. The van der Waals surface area contributed by atoms with E-state index < -0.39 is 0 Å². The van der Waals surface area contributed by atoms with Gasteiger partial charge in [0, 0.05) is 16.5 Å². The summed E-state index contributed by atoms with van der Waals surface area (Å²) < 4.78 is 0. The van der Waals surface area contributed by atoms with Crippen molar-refractivity contribution in [2.45, 2.75) is 58.8 Å². The van der Waals surface area contributed by atoms with Crippen molar-refractivity contribution in [1.82, 2.24) is 0 Å². The first kappa shape index (κ1) is 34.4. The van der Waals surface area contributed by atoms with Crippen LogP contribution in [-0.4, -0.2) is 5.84 Å². The molecule has 0 radical (unpaired) electrons. The van der Waals surface area contributed by atoms with E-state index in [1.165, 1.54) is 44.5 Å². The van der Waals surface area contributed by atoms with Crippen molar-refractivity contribution in [2.75, 3.05) is 0 Å². The van der Waals surface area contributed by atoms with Gasteiger partial charge in [0.15, 0.2) is 0 Å². The summed E-state index contributed by atoms with van der Waals surface area (Å²) in [7, 11) is 0. The number of benzene rings is 6. The second-order valence-electron chi connectivity index (χ2n) is 13.0. The predicted molar refractivity (Wildman–Crippen MR) is 215 cm³/mol. The first-order valence-corrected chi connectivity index (χ1v) is 18.1. The van der Waals surface area contributed by atoms with Gasteiger partial charge in [0.1, 0.15) is 5.84 Å². The van der Waals surface area contributed by atoms with E-state index >= 15 is 0 Å². The maximum absolute atomic E-state index is 6.41. The van der Waals surface area contributed by atoms with Crippen LogP contribution in [0.3, 0.4) is 0 Å². The summed E-state index contributed by atoms with van der Waals surface area (Å²) >= 11 is 0. The summed E-state index contributed by atoms with van der Waals surface area (Å²) in [6.07, 6.45) is 6.36. The average molecular weight is 653 g/mol. The second kappa shape index (κ2) is 15.8. The van der Waals surface area contributed by atoms with Gasteiger partial charge in [0.05, 0.1) is 5.70 Å². The number of rotatable bonds is 9. The van der Waals surface area contributed by atoms with E-state index in [1.54, 1.807) is 0 Å². The fourth-order valence-electron chi connectivity index (χ4n) is 7.33. The number of allylic oxidation sites excluding steroid dienone is 1. The molecular weight excluding hydrogens is 605 g/mol. The van der Waals surface area contributed by atoms with E-state index in [0.29, 0.717) is 5.84 Å². The van der Waals surface area contributed by atoms with Crippen LogP contribution in [0.25, 0.3) is 39.1 Å². The van der Waals surface area contributed by atoms with Crippen LogP contribution in [0.15, 0.2) is 163 Å². The Hall–Kier alpha value is -5.47. The molecule has 2 heteroatoms. The highest BCUT2D eigenvalue weighted by atomic mass is 14.9. The number of aryl methyl sites for hydroxylation is 1. The zero-order valence-electron chi connectivity index (χ0n) is 29.9. The molecule has 2 nitrogen and oxygen atoms in total. The number of nitrogens with two attached hydrogens (primary N) is 1. The van der Waals surface area contributed by atoms with Crippen molar-refractivity contribution in [2.24, 2.45) is 10.7 Å². The second-order valence-corrected chi connectivity index (χ2v) is 13.0. The van der Waals surface area contributed by atoms with Gasteiger partial charge < -0.3 is 5.73 Å². The fourth-order valence-corrected chi connectivity index (χ4v) is 7.33. The molecule has 50 heavy (non-hydrogen) atoms. The van der Waals surface area contributed by atoms with Gasteiger partial charge in [-0.2, -0.15) is 0 Å². The van der Waals surface area contributed by atoms with E-state index in [2.05, 4.69) is 149 Å². The molecule has 0 amide bonds. The van der Waals surface area contributed by atoms with Gasteiger partial charge in [-0.05, 0) is 94.0 Å². The lowest BCUT2D eigenvalue weighted by atomic mass is 9.74. The van der Waals surface area contributed by atoms with Gasteiger partial charge in [-0.3, -0.25) is 0 Å². The van der Waals surface area contributed by atoms with E-state index in [-0.39, 0.29) is 5.41 Å². The molecule has 6 aromatic rings. The highest BCUT2D eigenvalue weighted by Crippen LogP contribution is 2.53. The zero-order valence-corrected chi connectivity index (χ0v) is 29.9. The smallest absolute Gasteiger partial charge is 0.131 e. The quantitative estimate of drug-likeness (QED) is 0.122. The van der Waals surface area contributed by atoms with Crippen LogP contribution in [0.2, 0.25) is 0 Å². The van der Waals surface area contributed by atoms with E-state index in [0.717, 1.165) is 48.1 Å². The van der Waals surface area contributed by atoms with Crippen LogP contribution in [0.4, 0.5) is 0 Å². The minimum absolute atomic E-state index is 0.100. The molecule has 6 aromatic carbocycles. The summed E-state index contributed by atoms with van der Waals surface area (Å²) in [4.78, 5) is 4.84. The summed E-state index contributed by atoms with van der Waals surface area (Å²) in [5, 5.41) is 0. The molecule has 7 rings (SSSR count). The van der Waals surface area contributed by atoms with Crippen LogP contribution < -0.4 is 5.73 Å². The Bertz CT molecular complexity index is 2100. The van der Waals surface area contributed by atoms with Crippen molar-refractivity contribution in [3.63, 3.8) is 0 Å². The largest absolute Gasteiger partial charge is 0.383 e. The van der Waals surface area contributed by atoms with Crippen molar-refractivity contribution >= 4 is 11.5 Å². The first-order valence-electron chi connectivity index (χ1n) is 18.1. The first-order chi connectivity index (χ1) is 24.5. The van der Waals surface area contributed by atoms with Gasteiger partial charge in [-0.1, -0.05) is 167 Å². The molecule has 2 N–H and O–H groups in total. The SMILES string of the molecule is CC/C=C(/N=C(N)c1ccccc1)c1cccc(-c2cccc(-c3ccc4c(c3)-c3ccccc3C4(CC)CC)c2)c1.CCc1ccccc1. The maximum Gasteiger partial charge on any atom is 0.131 e. The molecule has 1 aliphatic carbocycles. The maximum atomic E-state index is 6.41. The number of aliphatic imine (C=N–C) groups is 1. The lowest BCUT2D eigenvalue weighted by Crippen LogP contribution is -2.22. The van der Waals surface area contributed by atoms with Gasteiger partial charge in [-0.15, -0.1) is 0 Å². The van der Waals surface area contributed by atoms with Crippen LogP contribution >= 0.6 is 0 Å². The highest BCUT2D eigenvalue weighted by Gasteiger charge is 2.40. The summed E-state index contributed by atoms with van der Waals surface area (Å²) in [5.41, 5.74) is 21.3. The third-order valence-corrected chi connectivity index (χ3v) is 10.1. The van der Waals surface area contributed by atoms with Crippen molar-refractivity contribution in [3.05, 3.63) is 186 Å². The molecule has 0 saturated heterocycles. The molecule has 0 spiro atoms. The minimum Gasteiger partial charge on any atom is -0.383 e. The van der Waals surface area contributed by atoms with Crippen molar-refractivity contribution < 1.29 is 0 Å². The third kappa shape index (κ3) is 7.12. The number of nitrogens with zero attached hydrogens (tertiary/aromatic N) is 1. The Labute approximate surface area is 299 Å². The van der Waals surface area contributed by atoms with Gasteiger partial charge in [-0.25, -0.2) is 4.99 Å². The van der Waals surface area contributed by atoms with Crippen LogP contribution in [-0.2, 0) is 11.8 Å². The molecule has 0 bridgehead atoms. The van der Waals surface area contributed by atoms with E-state index in [1.807, 2.05) is 36.4 Å². The minimum atomic E-state index is 0.100. The van der Waals surface area contributed by atoms with Crippen LogP contribution in [0, 0.1) is 0 Å². The predicted octanol–water partition coefficient (Wildman–Crippen LogP) is 12.5. The molecule has 0 heterocycles. The molecule has 1 aliphatic rings. The monoisotopic (exact) mass is 652 g/mol. The van der Waals surface area contributed by atoms with Gasteiger partial charge in [0.2, 0.25) is 0 Å². The summed E-state index contributed by atoms with van der Waals surface area (Å²) in [6, 6.07) is 54.0. The molecular formula is C48H48N2. The Kier molecular flexibility index (Phi) is 10.9. The third-order valence-electron chi connectivity index (χ3n) is 10.1. The Morgan fingerprint density at radius 1 is 0.540 bits per heavy atom. The van der Waals surface area contributed by atoms with Crippen molar-refractivity contribution in [1.29, 1.82) is 0 Å². The standard InChI is InChI=1S/C40H38N2.C8H10/c1-4-14-38(42-39(41)28-15-8-7-9-16-28)33-20-13-19-31(26-33)29-17-12-18-30(25-29)32-23-24-37-35(27-32)34-21-10-11-22-36(34)40(37,5-2)6-3;1-2-8-6-4-3-5-7-8/h7-27H,4-6H2,1-3H3,(H2,41,42);3-7H,2H2,1H3/b38-14+;. The fraction of sp³-hybridized carbons (Fsp3) is 0.188. The molecule has 0 fully saturated rings. The molecule has 0 saturated carbocycles. The Morgan fingerprint density at radius 3 is 1.74 bits per heavy atom. The highest BCUT2D eigenvalue weighted by molar-refractivity contribution is 6.00. The van der Waals surface area contributed by atoms with Gasteiger partial charge >= 0.3 is 0 Å². The van der Waals surface area contributed by atoms with E-state index in [9.17, 15) is 0 Å². The summed E-state index contributed by atoms with van der Waals surface area (Å²) in [5.74, 6) is 0.524. The number of hydrogen-bond donors (Lipinski definition) is 1. The molecule has 0 aliphatic heterocycles. The molecule has 250 valence electrons.